The van der Waals surface area contributed by atoms with Crippen molar-refractivity contribution in [1.82, 2.24) is 0 Å². The van der Waals surface area contributed by atoms with Gasteiger partial charge in [0.15, 0.2) is 0 Å². The Morgan fingerprint density at radius 2 is 1.90 bits per heavy atom. The first-order valence-corrected chi connectivity index (χ1v) is 11.0. The second-order valence-corrected chi connectivity index (χ2v) is 8.98. The maximum absolute atomic E-state index is 12.9. The van der Waals surface area contributed by atoms with E-state index in [0.29, 0.717) is 13.0 Å². The van der Waals surface area contributed by atoms with Crippen LogP contribution in [0.15, 0.2) is 47.4 Å². The smallest absolute Gasteiger partial charge is 0.339 e. The number of nitrogens with one attached hydrogen (secondary N) is 1. The van der Waals surface area contributed by atoms with Gasteiger partial charge in [-0.05, 0) is 55.2 Å². The highest BCUT2D eigenvalue weighted by Crippen LogP contribution is 2.35. The number of hydrogen-bond donors (Lipinski definition) is 1. The van der Waals surface area contributed by atoms with Gasteiger partial charge in [-0.1, -0.05) is 18.6 Å². The van der Waals surface area contributed by atoms with Gasteiger partial charge in [0.05, 0.1) is 23.3 Å². The van der Waals surface area contributed by atoms with Crippen molar-refractivity contribution < 1.29 is 22.7 Å². The Balaban J connectivity index is 1.59. The summed E-state index contributed by atoms with van der Waals surface area (Å²) in [6.45, 7) is 0.576. The maximum Gasteiger partial charge on any atom is 0.339 e. The minimum Gasteiger partial charge on any atom is -0.465 e. The van der Waals surface area contributed by atoms with Crippen molar-refractivity contribution in [1.29, 1.82) is 0 Å². The van der Waals surface area contributed by atoms with Crippen LogP contribution >= 0.6 is 0 Å². The van der Waals surface area contributed by atoms with Crippen molar-refractivity contribution >= 4 is 33.3 Å². The molecule has 1 aliphatic heterocycles. The molecule has 7 nitrogen and oxygen atoms in total. The van der Waals surface area contributed by atoms with Crippen LogP contribution < -0.4 is 9.62 Å². The standard InChI is InChI=1S/C21H22N2O5S/c1-28-21(25)17-7-2-3-8-18(17)22-29(26,27)16-9-10-19-15(13-16)11-12-23(19)20(24)14-5-4-6-14/h2-3,7-10,13-14,22H,4-6,11-12H2,1H3. The Bertz CT molecular complexity index is 1080. The fourth-order valence-electron chi connectivity index (χ4n) is 3.71. The molecule has 8 heteroatoms. The molecule has 4 rings (SSSR count). The van der Waals surface area contributed by atoms with Gasteiger partial charge in [0, 0.05) is 18.2 Å². The topological polar surface area (TPSA) is 92.8 Å². The van der Waals surface area contributed by atoms with E-state index in [0.717, 1.165) is 30.5 Å². The van der Waals surface area contributed by atoms with Gasteiger partial charge in [0.25, 0.3) is 10.0 Å². The third kappa shape index (κ3) is 3.60. The van der Waals surface area contributed by atoms with Crippen LogP contribution in [-0.4, -0.2) is 33.9 Å². The molecule has 0 bridgehead atoms. The fraction of sp³-hybridized carbons (Fsp3) is 0.333. The number of esters is 1. The molecule has 0 spiro atoms. The molecule has 2 aromatic rings. The summed E-state index contributed by atoms with van der Waals surface area (Å²) in [5.74, 6) is -0.390. The van der Waals surface area contributed by atoms with E-state index in [9.17, 15) is 18.0 Å². The van der Waals surface area contributed by atoms with E-state index in [2.05, 4.69) is 4.72 Å². The number of sulfonamides is 1. The van der Waals surface area contributed by atoms with Crippen LogP contribution in [0.2, 0.25) is 0 Å². The number of methoxy groups -OCH3 is 1. The van der Waals surface area contributed by atoms with Crippen molar-refractivity contribution in [3.05, 3.63) is 53.6 Å². The van der Waals surface area contributed by atoms with Crippen molar-refractivity contribution in [2.45, 2.75) is 30.6 Å². The molecular formula is C21H22N2O5S. The van der Waals surface area contributed by atoms with Gasteiger partial charge in [-0.2, -0.15) is 0 Å². The summed E-state index contributed by atoms with van der Waals surface area (Å²) in [6.07, 6.45) is 3.57. The van der Waals surface area contributed by atoms with Crippen molar-refractivity contribution in [2.24, 2.45) is 5.92 Å². The van der Waals surface area contributed by atoms with E-state index >= 15 is 0 Å². The Morgan fingerprint density at radius 3 is 2.59 bits per heavy atom. The lowest BCUT2D eigenvalue weighted by atomic mass is 9.84. The average molecular weight is 414 g/mol. The minimum atomic E-state index is -3.91. The zero-order chi connectivity index (χ0) is 20.6. The second-order valence-electron chi connectivity index (χ2n) is 7.30. The predicted molar refractivity (Wildman–Crippen MR) is 108 cm³/mol. The highest BCUT2D eigenvalue weighted by atomic mass is 32.2. The Labute approximate surface area is 169 Å². The third-order valence-corrected chi connectivity index (χ3v) is 6.92. The molecule has 29 heavy (non-hydrogen) atoms. The predicted octanol–water partition coefficient (Wildman–Crippen LogP) is 2.96. The number of anilines is 2. The molecule has 2 aliphatic rings. The monoisotopic (exact) mass is 414 g/mol. The van der Waals surface area contributed by atoms with Crippen molar-refractivity contribution in [3.63, 3.8) is 0 Å². The second kappa shape index (κ2) is 7.51. The van der Waals surface area contributed by atoms with Gasteiger partial charge in [0.2, 0.25) is 5.91 Å². The van der Waals surface area contributed by atoms with Gasteiger partial charge in [0.1, 0.15) is 0 Å². The largest absolute Gasteiger partial charge is 0.465 e. The molecule has 152 valence electrons. The maximum atomic E-state index is 12.9. The van der Waals surface area contributed by atoms with Gasteiger partial charge in [-0.15, -0.1) is 0 Å². The number of nitrogens with zero attached hydrogens (tertiary/aromatic N) is 1. The Morgan fingerprint density at radius 1 is 1.14 bits per heavy atom. The summed E-state index contributed by atoms with van der Waals surface area (Å²) in [5.41, 5.74) is 1.91. The van der Waals surface area contributed by atoms with Gasteiger partial charge >= 0.3 is 5.97 Å². The first kappa shape index (κ1) is 19.4. The summed E-state index contributed by atoms with van der Waals surface area (Å²) in [7, 11) is -2.67. The first-order valence-electron chi connectivity index (χ1n) is 9.55. The molecule has 1 heterocycles. The van der Waals surface area contributed by atoms with Crippen LogP contribution in [0.25, 0.3) is 0 Å². The quantitative estimate of drug-likeness (QED) is 0.760. The van der Waals surface area contributed by atoms with E-state index in [-0.39, 0.29) is 28.0 Å². The minimum absolute atomic E-state index is 0.0915. The molecule has 0 aromatic heterocycles. The van der Waals surface area contributed by atoms with Crippen molar-refractivity contribution in [2.75, 3.05) is 23.3 Å². The fourth-order valence-corrected chi connectivity index (χ4v) is 4.84. The highest BCUT2D eigenvalue weighted by molar-refractivity contribution is 7.92. The number of carbonyl (C=O) groups excluding carboxylic acids is 2. The molecule has 0 radical (unpaired) electrons. The van der Waals surface area contributed by atoms with Crippen LogP contribution in [0.4, 0.5) is 11.4 Å². The molecule has 0 unspecified atom stereocenters. The molecule has 0 saturated heterocycles. The van der Waals surface area contributed by atoms with Crippen LogP contribution in [-0.2, 0) is 26.0 Å². The van der Waals surface area contributed by atoms with E-state index in [1.54, 1.807) is 29.2 Å². The SMILES string of the molecule is COC(=O)c1ccccc1NS(=O)(=O)c1ccc2c(c1)CCN2C(=O)C1CCC1. The number of carbonyl (C=O) groups is 2. The number of para-hydroxylation sites is 1. The number of fused-ring (bicyclic) bond motifs is 1. The number of ether oxygens (including phenoxy) is 1. The van der Waals surface area contributed by atoms with Crippen LogP contribution in [0.3, 0.4) is 0 Å². The summed E-state index contributed by atoms with van der Waals surface area (Å²) in [6, 6.07) is 11.1. The molecule has 1 aliphatic carbocycles. The van der Waals surface area contributed by atoms with E-state index in [4.69, 9.17) is 4.74 Å². The van der Waals surface area contributed by atoms with Crippen molar-refractivity contribution in [3.8, 4) is 0 Å². The lowest BCUT2D eigenvalue weighted by molar-refractivity contribution is -0.124. The van der Waals surface area contributed by atoms with Crippen LogP contribution in [0, 0.1) is 5.92 Å². The summed E-state index contributed by atoms with van der Waals surface area (Å²) < 4.78 is 33.0. The molecule has 1 N–H and O–H groups in total. The Hall–Kier alpha value is -2.87. The summed E-state index contributed by atoms with van der Waals surface area (Å²) >= 11 is 0. The average Bonchev–Trinajstić information content (AvgIpc) is 3.09. The Kier molecular flexibility index (Phi) is 5.04. The van der Waals surface area contributed by atoms with Crippen LogP contribution in [0.5, 0.6) is 0 Å². The first-order chi connectivity index (χ1) is 13.9. The third-order valence-electron chi connectivity index (χ3n) is 5.55. The number of hydrogen-bond acceptors (Lipinski definition) is 5. The molecule has 0 atom stereocenters. The zero-order valence-electron chi connectivity index (χ0n) is 16.1. The van der Waals surface area contributed by atoms with Gasteiger partial charge < -0.3 is 9.64 Å². The lowest BCUT2D eigenvalue weighted by Gasteiger charge is -2.29. The lowest BCUT2D eigenvalue weighted by Crippen LogP contribution is -2.37. The molecular weight excluding hydrogens is 392 g/mol. The molecule has 1 fully saturated rings. The molecule has 2 aromatic carbocycles. The van der Waals surface area contributed by atoms with Gasteiger partial charge in [-0.25, -0.2) is 13.2 Å². The summed E-state index contributed by atoms with van der Waals surface area (Å²) in [5, 5.41) is 0. The highest BCUT2D eigenvalue weighted by Gasteiger charge is 2.34. The normalized spacial score (nSPS) is 16.1. The summed E-state index contributed by atoms with van der Waals surface area (Å²) in [4.78, 5) is 26.4. The van der Waals surface area contributed by atoms with Crippen LogP contribution in [0.1, 0.15) is 35.2 Å². The van der Waals surface area contributed by atoms with E-state index in [1.165, 1.54) is 25.3 Å². The number of benzene rings is 2. The van der Waals surface area contributed by atoms with E-state index < -0.39 is 16.0 Å². The van der Waals surface area contributed by atoms with Gasteiger partial charge in [-0.3, -0.25) is 9.52 Å². The number of rotatable bonds is 5. The zero-order valence-corrected chi connectivity index (χ0v) is 16.9. The molecule has 1 saturated carbocycles. The molecule has 1 amide bonds. The van der Waals surface area contributed by atoms with E-state index in [1.807, 2.05) is 0 Å². The number of amides is 1.